The molecule has 0 bridgehead atoms. The molecule has 5 nitrogen and oxygen atoms in total. The van der Waals surface area contributed by atoms with Crippen LogP contribution in [0.2, 0.25) is 5.02 Å². The molecule has 4 rings (SSSR count). The summed E-state index contributed by atoms with van der Waals surface area (Å²) in [6.45, 7) is 0. The van der Waals surface area contributed by atoms with Gasteiger partial charge in [-0.05, 0) is 41.8 Å². The highest BCUT2D eigenvalue weighted by Crippen LogP contribution is 2.41. The van der Waals surface area contributed by atoms with Gasteiger partial charge in [-0.3, -0.25) is 4.79 Å². The van der Waals surface area contributed by atoms with Gasteiger partial charge in [0.05, 0.1) is 16.1 Å². The number of carbonyl (C=O) groups is 1. The molecule has 166 valence electrons. The van der Waals surface area contributed by atoms with E-state index in [1.54, 1.807) is 54.6 Å². The zero-order chi connectivity index (χ0) is 23.6. The Morgan fingerprint density at radius 3 is 2.33 bits per heavy atom. The molecule has 0 aliphatic carbocycles. The molecule has 0 heterocycles. The molecule has 0 saturated heterocycles. The fraction of sp³-hybridized carbons (Fsp3) is 0.0417. The first-order chi connectivity index (χ1) is 15.7. The second kappa shape index (κ2) is 8.91. The van der Waals surface area contributed by atoms with Crippen LogP contribution in [0, 0.1) is 0 Å². The molecule has 1 amide bonds. The molecular formula is C24H15ClF3N3O2. The summed E-state index contributed by atoms with van der Waals surface area (Å²) >= 11 is 5.99. The second-order valence-electron chi connectivity index (χ2n) is 7.03. The van der Waals surface area contributed by atoms with Gasteiger partial charge < -0.3 is 10.4 Å². The Hall–Kier alpha value is -3.91. The Kier molecular flexibility index (Phi) is 6.02. The summed E-state index contributed by atoms with van der Waals surface area (Å²) in [5.41, 5.74) is -0.782. The SMILES string of the molecule is O=C(Nc1ccccc1)c1cc2ccccc2c(N=Nc2cc(C(F)(F)F)ccc2Cl)c1O. The van der Waals surface area contributed by atoms with Crippen LogP contribution in [0.25, 0.3) is 10.8 Å². The van der Waals surface area contributed by atoms with E-state index in [4.69, 9.17) is 11.6 Å². The number of alkyl halides is 3. The minimum Gasteiger partial charge on any atom is -0.505 e. The van der Waals surface area contributed by atoms with Gasteiger partial charge in [0.25, 0.3) is 5.91 Å². The number of phenolic OH excluding ortho intramolecular Hbond substituents is 1. The van der Waals surface area contributed by atoms with Crippen molar-refractivity contribution < 1.29 is 23.1 Å². The number of rotatable bonds is 4. The molecule has 0 aromatic heterocycles. The van der Waals surface area contributed by atoms with E-state index in [9.17, 15) is 23.1 Å². The van der Waals surface area contributed by atoms with Gasteiger partial charge in [0, 0.05) is 11.1 Å². The summed E-state index contributed by atoms with van der Waals surface area (Å²) in [5, 5.41) is 22.3. The zero-order valence-corrected chi connectivity index (χ0v) is 17.5. The third-order valence-electron chi connectivity index (χ3n) is 4.80. The number of phenols is 1. The number of nitrogens with zero attached hydrogens (tertiary/aromatic N) is 2. The van der Waals surface area contributed by atoms with Crippen molar-refractivity contribution in [3.8, 4) is 5.75 Å². The molecule has 0 saturated carbocycles. The van der Waals surface area contributed by atoms with Crippen molar-refractivity contribution in [1.82, 2.24) is 0 Å². The average Bonchev–Trinajstić information content (AvgIpc) is 2.79. The molecule has 0 fully saturated rings. The van der Waals surface area contributed by atoms with E-state index in [2.05, 4.69) is 15.5 Å². The number of hydrogen-bond donors (Lipinski definition) is 2. The summed E-state index contributed by atoms with van der Waals surface area (Å²) in [6.07, 6.45) is -4.58. The van der Waals surface area contributed by atoms with E-state index in [0.717, 1.165) is 18.2 Å². The molecule has 0 unspecified atom stereocenters. The van der Waals surface area contributed by atoms with E-state index >= 15 is 0 Å². The lowest BCUT2D eigenvalue weighted by Crippen LogP contribution is -2.12. The molecule has 0 radical (unpaired) electrons. The lowest BCUT2D eigenvalue weighted by atomic mass is 10.0. The highest BCUT2D eigenvalue weighted by Gasteiger charge is 2.31. The minimum atomic E-state index is -4.58. The number of azo groups is 1. The Balaban J connectivity index is 1.79. The number of hydrogen-bond acceptors (Lipinski definition) is 4. The highest BCUT2D eigenvalue weighted by molar-refractivity contribution is 6.33. The van der Waals surface area contributed by atoms with Gasteiger partial charge >= 0.3 is 6.18 Å². The van der Waals surface area contributed by atoms with E-state index in [0.29, 0.717) is 16.5 Å². The maximum atomic E-state index is 13.1. The van der Waals surface area contributed by atoms with Crippen molar-refractivity contribution in [2.24, 2.45) is 10.2 Å². The quantitative estimate of drug-likeness (QED) is 0.298. The van der Waals surface area contributed by atoms with E-state index in [-0.39, 0.29) is 22.0 Å². The first kappa shape index (κ1) is 22.3. The van der Waals surface area contributed by atoms with Gasteiger partial charge in [-0.1, -0.05) is 54.1 Å². The van der Waals surface area contributed by atoms with Crippen LogP contribution in [0.1, 0.15) is 15.9 Å². The molecular weight excluding hydrogens is 455 g/mol. The predicted octanol–water partition coefficient (Wildman–Crippen LogP) is 7.89. The first-order valence-electron chi connectivity index (χ1n) is 9.63. The molecule has 0 aliphatic heterocycles. The summed E-state index contributed by atoms with van der Waals surface area (Å²) in [4.78, 5) is 12.8. The number of para-hydroxylation sites is 1. The number of aromatic hydroxyl groups is 1. The van der Waals surface area contributed by atoms with Crippen molar-refractivity contribution in [1.29, 1.82) is 0 Å². The van der Waals surface area contributed by atoms with Crippen LogP contribution in [0.3, 0.4) is 0 Å². The van der Waals surface area contributed by atoms with E-state index in [1.165, 1.54) is 6.07 Å². The zero-order valence-electron chi connectivity index (χ0n) is 16.8. The van der Waals surface area contributed by atoms with Crippen molar-refractivity contribution in [2.75, 3.05) is 5.32 Å². The first-order valence-corrected chi connectivity index (χ1v) is 10.0. The number of halogens is 4. The summed E-state index contributed by atoms with van der Waals surface area (Å²) in [7, 11) is 0. The maximum Gasteiger partial charge on any atom is 0.416 e. The normalized spacial score (nSPS) is 11.8. The Bertz CT molecular complexity index is 1370. The molecule has 4 aromatic carbocycles. The standard InChI is InChI=1S/C24H15ClF3N3O2/c25-19-11-10-15(24(26,27)28)13-20(19)30-31-21-17-9-5-4-6-14(17)12-18(22(21)32)23(33)29-16-7-2-1-3-8-16/h1-13,32H,(H,29,33). The molecule has 4 aromatic rings. The fourth-order valence-corrected chi connectivity index (χ4v) is 3.34. The van der Waals surface area contributed by atoms with Crippen LogP contribution >= 0.6 is 11.6 Å². The van der Waals surface area contributed by atoms with Crippen LogP contribution in [-0.4, -0.2) is 11.0 Å². The van der Waals surface area contributed by atoms with Crippen LogP contribution < -0.4 is 5.32 Å². The summed E-state index contributed by atoms with van der Waals surface area (Å²) in [6, 6.07) is 19.6. The van der Waals surface area contributed by atoms with Crippen LogP contribution in [0.15, 0.2) is 89.1 Å². The van der Waals surface area contributed by atoms with Gasteiger partial charge in [0.1, 0.15) is 11.4 Å². The molecule has 0 aliphatic rings. The monoisotopic (exact) mass is 469 g/mol. The van der Waals surface area contributed by atoms with E-state index < -0.39 is 23.4 Å². The topological polar surface area (TPSA) is 74.0 Å². The van der Waals surface area contributed by atoms with Crippen molar-refractivity contribution in [3.63, 3.8) is 0 Å². The lowest BCUT2D eigenvalue weighted by Gasteiger charge is -2.11. The van der Waals surface area contributed by atoms with Gasteiger partial charge in [0.15, 0.2) is 5.75 Å². The van der Waals surface area contributed by atoms with Crippen LogP contribution in [0.4, 0.5) is 30.2 Å². The minimum absolute atomic E-state index is 0.0477. The molecule has 2 N–H and O–H groups in total. The fourth-order valence-electron chi connectivity index (χ4n) is 3.18. The molecule has 9 heteroatoms. The van der Waals surface area contributed by atoms with Crippen molar-refractivity contribution >= 4 is 45.3 Å². The second-order valence-corrected chi connectivity index (χ2v) is 7.43. The number of amides is 1. The van der Waals surface area contributed by atoms with Crippen LogP contribution in [0.5, 0.6) is 5.75 Å². The van der Waals surface area contributed by atoms with E-state index in [1.807, 2.05) is 0 Å². The average molecular weight is 470 g/mol. The molecule has 0 spiro atoms. The molecule has 0 atom stereocenters. The van der Waals surface area contributed by atoms with Gasteiger partial charge in [-0.25, -0.2) is 0 Å². The Morgan fingerprint density at radius 1 is 0.909 bits per heavy atom. The number of fused-ring (bicyclic) bond motifs is 1. The lowest BCUT2D eigenvalue weighted by molar-refractivity contribution is -0.137. The Labute approximate surface area is 191 Å². The van der Waals surface area contributed by atoms with Gasteiger partial charge in [0.2, 0.25) is 0 Å². The number of benzene rings is 4. The Morgan fingerprint density at radius 2 is 1.61 bits per heavy atom. The third-order valence-corrected chi connectivity index (χ3v) is 5.12. The summed E-state index contributed by atoms with van der Waals surface area (Å²) < 4.78 is 39.2. The van der Waals surface area contributed by atoms with Crippen molar-refractivity contribution in [3.05, 3.63) is 95.0 Å². The third kappa shape index (κ3) is 4.80. The number of anilines is 1. The number of carbonyl (C=O) groups excluding carboxylic acids is 1. The maximum absolute atomic E-state index is 13.1. The highest BCUT2D eigenvalue weighted by atomic mass is 35.5. The summed E-state index contributed by atoms with van der Waals surface area (Å²) in [5.74, 6) is -1.05. The van der Waals surface area contributed by atoms with Crippen LogP contribution in [-0.2, 0) is 6.18 Å². The molecule has 33 heavy (non-hydrogen) atoms. The number of nitrogens with one attached hydrogen (secondary N) is 1. The van der Waals surface area contributed by atoms with Gasteiger partial charge in [-0.15, -0.1) is 10.2 Å². The van der Waals surface area contributed by atoms with Gasteiger partial charge in [-0.2, -0.15) is 13.2 Å². The smallest absolute Gasteiger partial charge is 0.416 e. The predicted molar refractivity (Wildman–Crippen MR) is 121 cm³/mol. The van der Waals surface area contributed by atoms with Crippen molar-refractivity contribution in [2.45, 2.75) is 6.18 Å². The largest absolute Gasteiger partial charge is 0.505 e.